The van der Waals surface area contributed by atoms with Crippen molar-refractivity contribution in [3.8, 4) is 17.2 Å². The van der Waals surface area contributed by atoms with Crippen LogP contribution in [-0.4, -0.2) is 41.3 Å². The Morgan fingerprint density at radius 1 is 1.02 bits per heavy atom. The summed E-state index contributed by atoms with van der Waals surface area (Å²) in [4.78, 5) is 8.95. The summed E-state index contributed by atoms with van der Waals surface area (Å²) in [7, 11) is -4.27. The molecular weight excluding hydrogens is 604 g/mol. The molecule has 242 valence electrons. The molecule has 4 heterocycles. The standard InChI is InChI=1S/C35H40N4O6S/c1-20-14-15-27(43-19-22-17-34(3,4)45-35(5,6)18-22)30-24(33(40)39-46(41,42)29-13-9-12-28(36)38-29)16-25(37-31(20)30)32-21(2)23-10-7-8-11-26(23)44-32/h7-16,22,33,39-40H,17-19H2,1-6H3,(H2,36,38). The highest BCUT2D eigenvalue weighted by atomic mass is 32.2. The normalized spacial score (nSPS) is 17.4. The molecule has 0 saturated carbocycles. The van der Waals surface area contributed by atoms with Crippen molar-refractivity contribution in [1.82, 2.24) is 14.7 Å². The van der Waals surface area contributed by atoms with Crippen molar-refractivity contribution in [2.45, 2.75) is 76.8 Å². The van der Waals surface area contributed by atoms with E-state index in [1.54, 1.807) is 6.07 Å². The molecule has 1 fully saturated rings. The zero-order chi connectivity index (χ0) is 33.0. The maximum atomic E-state index is 13.4. The minimum absolute atomic E-state index is 0.0418. The van der Waals surface area contributed by atoms with Crippen molar-refractivity contribution in [3.05, 3.63) is 77.4 Å². The summed E-state index contributed by atoms with van der Waals surface area (Å²) >= 11 is 0. The lowest BCUT2D eigenvalue weighted by atomic mass is 9.81. The highest BCUT2D eigenvalue weighted by Gasteiger charge is 2.39. The van der Waals surface area contributed by atoms with Gasteiger partial charge >= 0.3 is 0 Å². The van der Waals surface area contributed by atoms with E-state index in [2.05, 4.69) is 37.4 Å². The zero-order valence-electron chi connectivity index (χ0n) is 26.9. The number of sulfonamides is 1. The van der Waals surface area contributed by atoms with Crippen LogP contribution >= 0.6 is 0 Å². The number of aliphatic hydroxyl groups excluding tert-OH is 1. The fourth-order valence-corrected chi connectivity index (χ4v) is 7.84. The van der Waals surface area contributed by atoms with Gasteiger partial charge in [0.15, 0.2) is 10.8 Å². The van der Waals surface area contributed by atoms with Crippen molar-refractivity contribution >= 4 is 37.7 Å². The number of anilines is 1. The maximum Gasteiger partial charge on any atom is 0.260 e. The molecular formula is C35H40N4O6S. The zero-order valence-corrected chi connectivity index (χ0v) is 27.7. The number of fused-ring (bicyclic) bond motifs is 2. The van der Waals surface area contributed by atoms with Crippen LogP contribution < -0.4 is 15.2 Å². The lowest BCUT2D eigenvalue weighted by Crippen LogP contribution is -2.46. The first-order chi connectivity index (χ1) is 21.6. The van der Waals surface area contributed by atoms with Crippen molar-refractivity contribution < 1.29 is 27.4 Å². The average molecular weight is 645 g/mol. The Balaban J connectivity index is 1.47. The molecule has 5 aromatic rings. The number of furan rings is 1. The van der Waals surface area contributed by atoms with Crippen LogP contribution in [0.5, 0.6) is 5.75 Å². The molecule has 1 saturated heterocycles. The quantitative estimate of drug-likeness (QED) is 0.159. The van der Waals surface area contributed by atoms with Crippen LogP contribution in [0.25, 0.3) is 33.3 Å². The number of nitrogen functional groups attached to an aromatic ring is 1. The van der Waals surface area contributed by atoms with Gasteiger partial charge in [-0.15, -0.1) is 0 Å². The number of aryl methyl sites for hydroxylation is 2. The van der Waals surface area contributed by atoms with Crippen molar-refractivity contribution in [2.75, 3.05) is 12.3 Å². The molecule has 1 aliphatic heterocycles. The Morgan fingerprint density at radius 3 is 2.43 bits per heavy atom. The molecule has 46 heavy (non-hydrogen) atoms. The molecule has 1 aliphatic rings. The number of ether oxygens (including phenoxy) is 2. The van der Waals surface area contributed by atoms with Gasteiger partial charge in [-0.3, -0.25) is 0 Å². The van der Waals surface area contributed by atoms with Gasteiger partial charge in [0.05, 0.1) is 23.3 Å². The van der Waals surface area contributed by atoms with Crippen molar-refractivity contribution in [3.63, 3.8) is 0 Å². The van der Waals surface area contributed by atoms with E-state index in [4.69, 9.17) is 24.6 Å². The van der Waals surface area contributed by atoms with E-state index in [0.717, 1.165) is 29.4 Å². The number of benzene rings is 2. The summed E-state index contributed by atoms with van der Waals surface area (Å²) in [5.41, 5.74) is 8.81. The van der Waals surface area contributed by atoms with Crippen LogP contribution in [-0.2, 0) is 14.8 Å². The number of hydrogen-bond acceptors (Lipinski definition) is 9. The first kappa shape index (κ1) is 31.9. The fraction of sp³-hybridized carbons (Fsp3) is 0.371. The summed E-state index contributed by atoms with van der Waals surface area (Å²) in [6.07, 6.45) is -0.0559. The largest absolute Gasteiger partial charge is 0.493 e. The highest BCUT2D eigenvalue weighted by molar-refractivity contribution is 7.89. The maximum absolute atomic E-state index is 13.4. The van der Waals surface area contributed by atoms with Crippen LogP contribution in [0.15, 0.2) is 70.1 Å². The number of nitrogens with one attached hydrogen (secondary N) is 1. The van der Waals surface area contributed by atoms with E-state index in [1.165, 1.54) is 18.2 Å². The van der Waals surface area contributed by atoms with Crippen LogP contribution in [0.3, 0.4) is 0 Å². The van der Waals surface area contributed by atoms with Crippen LogP contribution in [0.2, 0.25) is 0 Å². The smallest absolute Gasteiger partial charge is 0.260 e. The topological polar surface area (TPSA) is 150 Å². The molecule has 1 atom stereocenters. The predicted octanol–water partition coefficient (Wildman–Crippen LogP) is 6.57. The molecule has 0 radical (unpaired) electrons. The van der Waals surface area contributed by atoms with Crippen LogP contribution in [0, 0.1) is 19.8 Å². The second kappa shape index (κ2) is 11.6. The van der Waals surface area contributed by atoms with Gasteiger partial charge in [-0.2, -0.15) is 4.72 Å². The molecule has 11 heteroatoms. The Bertz CT molecular complexity index is 2040. The Kier molecular flexibility index (Phi) is 8.08. The molecule has 0 aliphatic carbocycles. The van der Waals surface area contributed by atoms with E-state index in [1.807, 2.05) is 50.2 Å². The molecule has 6 rings (SSSR count). The third-order valence-electron chi connectivity index (χ3n) is 8.40. The highest BCUT2D eigenvalue weighted by Crippen LogP contribution is 2.41. The average Bonchev–Trinajstić information content (AvgIpc) is 3.31. The summed E-state index contributed by atoms with van der Waals surface area (Å²) < 4.78 is 48.1. The summed E-state index contributed by atoms with van der Waals surface area (Å²) in [6.45, 7) is 12.6. The lowest BCUT2D eigenvalue weighted by Gasteiger charge is -2.45. The molecule has 0 bridgehead atoms. The molecule has 0 spiro atoms. The van der Waals surface area contributed by atoms with E-state index in [9.17, 15) is 13.5 Å². The van der Waals surface area contributed by atoms with E-state index < -0.39 is 16.3 Å². The van der Waals surface area contributed by atoms with Gasteiger partial charge in [0.2, 0.25) is 0 Å². The van der Waals surface area contributed by atoms with E-state index in [-0.39, 0.29) is 33.5 Å². The number of aliphatic hydroxyl groups is 1. The first-order valence-electron chi connectivity index (χ1n) is 15.3. The first-order valence-corrected chi connectivity index (χ1v) is 16.8. The Morgan fingerprint density at radius 2 is 1.74 bits per heavy atom. The van der Waals surface area contributed by atoms with Crippen LogP contribution in [0.1, 0.15) is 63.5 Å². The van der Waals surface area contributed by atoms with Gasteiger partial charge < -0.3 is 24.7 Å². The number of rotatable bonds is 8. The van der Waals surface area contributed by atoms with E-state index >= 15 is 0 Å². The minimum atomic E-state index is -4.27. The second-order valence-electron chi connectivity index (χ2n) is 13.4. The number of hydrogen-bond donors (Lipinski definition) is 3. The SMILES string of the molecule is Cc1c(-c2cc(C(O)NS(=O)(=O)c3cccc(N)n3)c3c(OCC4CC(C)(C)OC(C)(C)C4)ccc(C)c3n2)oc2ccccc12. The molecule has 10 nitrogen and oxygen atoms in total. The van der Waals surface area contributed by atoms with Crippen molar-refractivity contribution in [1.29, 1.82) is 0 Å². The number of aromatic nitrogens is 2. The lowest BCUT2D eigenvalue weighted by molar-refractivity contribution is -0.175. The molecule has 4 N–H and O–H groups in total. The fourth-order valence-electron chi connectivity index (χ4n) is 6.81. The molecule has 3 aromatic heterocycles. The van der Waals surface area contributed by atoms with Gasteiger partial charge in [-0.25, -0.2) is 18.4 Å². The molecule has 1 unspecified atom stereocenters. The summed E-state index contributed by atoms with van der Waals surface area (Å²) in [5.74, 6) is 1.26. The minimum Gasteiger partial charge on any atom is -0.493 e. The van der Waals surface area contributed by atoms with Gasteiger partial charge in [0.25, 0.3) is 10.0 Å². The number of para-hydroxylation sites is 1. The van der Waals surface area contributed by atoms with Gasteiger partial charge in [0.1, 0.15) is 29.1 Å². The predicted molar refractivity (Wildman–Crippen MR) is 178 cm³/mol. The Hall–Kier alpha value is -4.03. The molecule has 2 aromatic carbocycles. The monoisotopic (exact) mass is 644 g/mol. The number of nitrogens with two attached hydrogens (primary N) is 1. The number of nitrogens with zero attached hydrogens (tertiary/aromatic N) is 2. The molecule has 0 amide bonds. The van der Waals surface area contributed by atoms with Gasteiger partial charge in [-0.1, -0.05) is 30.3 Å². The van der Waals surface area contributed by atoms with Gasteiger partial charge in [-0.05, 0) is 96.2 Å². The van der Waals surface area contributed by atoms with Crippen LogP contribution in [0.4, 0.5) is 5.82 Å². The third-order valence-corrected chi connectivity index (χ3v) is 9.71. The second-order valence-corrected chi connectivity index (χ2v) is 15.0. The third kappa shape index (κ3) is 6.32. The van der Waals surface area contributed by atoms with E-state index in [0.29, 0.717) is 40.3 Å². The van der Waals surface area contributed by atoms with Crippen molar-refractivity contribution in [2.24, 2.45) is 5.92 Å². The van der Waals surface area contributed by atoms with Gasteiger partial charge in [0, 0.05) is 21.9 Å². The summed E-state index contributed by atoms with van der Waals surface area (Å²) in [6, 6.07) is 17.4. The number of pyridine rings is 2. The summed E-state index contributed by atoms with van der Waals surface area (Å²) in [5, 5.41) is 12.8. The Labute approximate surface area is 269 Å².